The molecular weight excluding hydrogens is 422 g/mol. The lowest BCUT2D eigenvalue weighted by Gasteiger charge is -2.24. The molecule has 0 unspecified atom stereocenters. The second kappa shape index (κ2) is 10.6. The number of benzene rings is 2. The minimum atomic E-state index is 0.292. The Bertz CT molecular complexity index is 1260. The molecule has 1 aliphatic heterocycles. The number of nitrogens with zero attached hydrogens (tertiary/aromatic N) is 2. The zero-order chi connectivity index (χ0) is 24.1. The molecule has 0 amide bonds. The first-order valence-corrected chi connectivity index (χ1v) is 11.9. The van der Waals surface area contributed by atoms with Crippen molar-refractivity contribution in [2.45, 2.75) is 39.8 Å². The van der Waals surface area contributed by atoms with Crippen molar-refractivity contribution in [3.63, 3.8) is 0 Å². The van der Waals surface area contributed by atoms with E-state index in [1.807, 2.05) is 56.4 Å². The number of aromatic hydroxyl groups is 1. The van der Waals surface area contributed by atoms with Gasteiger partial charge in [-0.3, -0.25) is 4.99 Å². The molecule has 6 heteroatoms. The van der Waals surface area contributed by atoms with Crippen molar-refractivity contribution in [2.24, 2.45) is 10.9 Å². The highest BCUT2D eigenvalue weighted by atomic mass is 16.3. The van der Waals surface area contributed by atoms with Gasteiger partial charge in [0, 0.05) is 34.6 Å². The second-order valence-corrected chi connectivity index (χ2v) is 9.16. The number of hydrogen-bond acceptors (Lipinski definition) is 4. The van der Waals surface area contributed by atoms with Crippen LogP contribution in [0.1, 0.15) is 30.9 Å². The zero-order valence-corrected chi connectivity index (χ0v) is 20.1. The lowest BCUT2D eigenvalue weighted by molar-refractivity contribution is 0.336. The van der Waals surface area contributed by atoms with Crippen LogP contribution in [-0.4, -0.2) is 28.6 Å². The van der Waals surface area contributed by atoms with Crippen molar-refractivity contribution >= 4 is 24.3 Å². The summed E-state index contributed by atoms with van der Waals surface area (Å²) < 4.78 is 2.26. The lowest BCUT2D eigenvalue weighted by atomic mass is 9.99. The standard InChI is InChI=1S/C28H35N5O/c1-19-7-4-11-27(34)28(19)26-14-24(20(2)33(26)18-23-9-6-12-30-15-23)17-32-21(3)31-16-22-8-5-10-25(29)13-22/h4-5,7-8,10-11,13-14,17,23,30,34H,2,6,9,12,15-16,18,29H2,1,3H3,(H,31,32)/b24-17-/t23-/m1/s1. The number of rotatable bonds is 6. The maximum atomic E-state index is 10.7. The Labute approximate surface area is 201 Å². The molecule has 4 rings (SSSR count). The van der Waals surface area contributed by atoms with E-state index in [0.717, 1.165) is 64.1 Å². The van der Waals surface area contributed by atoms with Crippen LogP contribution in [0.2, 0.25) is 0 Å². The number of hydrogen-bond donors (Lipinski definition) is 4. The van der Waals surface area contributed by atoms with Crippen LogP contribution in [0.3, 0.4) is 0 Å². The smallest absolute Gasteiger partial charge is 0.125 e. The molecule has 178 valence electrons. The lowest BCUT2D eigenvalue weighted by Crippen LogP contribution is -2.36. The van der Waals surface area contributed by atoms with Gasteiger partial charge in [-0.05, 0) is 81.1 Å². The van der Waals surface area contributed by atoms with Crippen LogP contribution < -0.4 is 26.9 Å². The number of nitrogens with one attached hydrogen (secondary N) is 2. The summed E-state index contributed by atoms with van der Waals surface area (Å²) in [6, 6.07) is 15.6. The summed E-state index contributed by atoms with van der Waals surface area (Å²) in [5.74, 6) is 1.64. The number of nitrogen functional groups attached to an aromatic ring is 1. The Hall–Kier alpha value is -3.51. The topological polar surface area (TPSA) is 87.6 Å². The SMILES string of the molecule is C=c1/c(=C\NC(C)=NCc2cccc(N)c2)cc(-c2c(C)cccc2O)n1C[C@@H]1CCCNC1. The van der Waals surface area contributed by atoms with E-state index in [4.69, 9.17) is 5.73 Å². The molecule has 2 aromatic carbocycles. The first-order valence-electron chi connectivity index (χ1n) is 11.9. The van der Waals surface area contributed by atoms with Crippen LogP contribution in [0.5, 0.6) is 5.75 Å². The van der Waals surface area contributed by atoms with Crippen LogP contribution in [0.15, 0.2) is 53.5 Å². The van der Waals surface area contributed by atoms with Gasteiger partial charge in [0.1, 0.15) is 5.75 Å². The Kier molecular flexibility index (Phi) is 7.38. The summed E-state index contributed by atoms with van der Waals surface area (Å²) in [7, 11) is 0. The largest absolute Gasteiger partial charge is 0.507 e. The van der Waals surface area contributed by atoms with Gasteiger partial charge in [0.05, 0.1) is 18.1 Å². The van der Waals surface area contributed by atoms with Gasteiger partial charge < -0.3 is 26.0 Å². The van der Waals surface area contributed by atoms with E-state index in [-0.39, 0.29) is 0 Å². The van der Waals surface area contributed by atoms with Gasteiger partial charge >= 0.3 is 0 Å². The van der Waals surface area contributed by atoms with Crippen molar-refractivity contribution in [3.8, 4) is 17.0 Å². The highest BCUT2D eigenvalue weighted by molar-refractivity contribution is 5.83. The number of anilines is 1. The van der Waals surface area contributed by atoms with E-state index in [1.165, 1.54) is 12.8 Å². The molecule has 2 heterocycles. The first kappa shape index (κ1) is 23.6. The summed E-state index contributed by atoms with van der Waals surface area (Å²) >= 11 is 0. The number of nitrogens with two attached hydrogens (primary N) is 1. The Morgan fingerprint density at radius 3 is 2.85 bits per heavy atom. The molecule has 6 nitrogen and oxygen atoms in total. The van der Waals surface area contributed by atoms with Crippen molar-refractivity contribution in [1.82, 2.24) is 15.2 Å². The second-order valence-electron chi connectivity index (χ2n) is 9.16. The first-order chi connectivity index (χ1) is 16.4. The summed E-state index contributed by atoms with van der Waals surface area (Å²) in [6.45, 7) is 11.9. The van der Waals surface area contributed by atoms with E-state index in [1.54, 1.807) is 6.07 Å². The number of piperidine rings is 1. The number of aliphatic imine (C=N–C) groups is 1. The molecule has 0 spiro atoms. The van der Waals surface area contributed by atoms with Crippen LogP contribution in [0.25, 0.3) is 24.0 Å². The van der Waals surface area contributed by atoms with E-state index in [2.05, 4.69) is 32.8 Å². The summed E-state index contributed by atoms with van der Waals surface area (Å²) in [4.78, 5) is 4.63. The van der Waals surface area contributed by atoms with Gasteiger partial charge in [0.2, 0.25) is 0 Å². The number of phenols is 1. The number of phenolic OH excluding ortho intramolecular Hbond substituents is 1. The monoisotopic (exact) mass is 457 g/mol. The quantitative estimate of drug-likeness (QED) is 0.260. The van der Waals surface area contributed by atoms with Crippen molar-refractivity contribution in [2.75, 3.05) is 18.8 Å². The molecule has 34 heavy (non-hydrogen) atoms. The molecule has 5 N–H and O–H groups in total. The zero-order valence-electron chi connectivity index (χ0n) is 20.1. The molecule has 0 bridgehead atoms. The summed E-state index contributed by atoms with van der Waals surface area (Å²) in [5, 5.41) is 19.4. The fourth-order valence-corrected chi connectivity index (χ4v) is 4.60. The van der Waals surface area contributed by atoms with E-state index >= 15 is 0 Å². The molecule has 0 radical (unpaired) electrons. The van der Waals surface area contributed by atoms with Gasteiger partial charge in [0.15, 0.2) is 0 Å². The van der Waals surface area contributed by atoms with E-state index in [0.29, 0.717) is 18.2 Å². The van der Waals surface area contributed by atoms with E-state index < -0.39 is 0 Å². The Morgan fingerprint density at radius 2 is 2.12 bits per heavy atom. The third kappa shape index (κ3) is 5.51. The van der Waals surface area contributed by atoms with Gasteiger partial charge in [-0.2, -0.15) is 0 Å². The minimum Gasteiger partial charge on any atom is -0.507 e. The normalized spacial score (nSPS) is 17.2. The van der Waals surface area contributed by atoms with Gasteiger partial charge in [-0.1, -0.05) is 30.8 Å². The van der Waals surface area contributed by atoms with Crippen LogP contribution in [0, 0.1) is 12.8 Å². The highest BCUT2D eigenvalue weighted by Crippen LogP contribution is 2.31. The fourth-order valence-electron chi connectivity index (χ4n) is 4.60. The molecule has 3 aromatic rings. The third-order valence-corrected chi connectivity index (χ3v) is 6.48. The average molecular weight is 458 g/mol. The van der Waals surface area contributed by atoms with Crippen molar-refractivity contribution < 1.29 is 5.11 Å². The molecule has 1 saturated heterocycles. The molecule has 1 atom stereocenters. The molecule has 1 fully saturated rings. The van der Waals surface area contributed by atoms with Crippen LogP contribution in [0.4, 0.5) is 5.69 Å². The summed E-state index contributed by atoms with van der Waals surface area (Å²) in [5.41, 5.74) is 10.6. The molecule has 0 aliphatic carbocycles. The maximum absolute atomic E-state index is 10.7. The van der Waals surface area contributed by atoms with Crippen molar-refractivity contribution in [3.05, 3.63) is 70.2 Å². The van der Waals surface area contributed by atoms with E-state index in [9.17, 15) is 5.11 Å². The van der Waals surface area contributed by atoms with Gasteiger partial charge in [-0.25, -0.2) is 0 Å². The Balaban J connectivity index is 1.65. The van der Waals surface area contributed by atoms with Crippen LogP contribution >= 0.6 is 0 Å². The van der Waals surface area contributed by atoms with Crippen LogP contribution in [-0.2, 0) is 13.1 Å². The molecule has 1 aliphatic rings. The Morgan fingerprint density at radius 1 is 1.29 bits per heavy atom. The maximum Gasteiger partial charge on any atom is 0.125 e. The minimum absolute atomic E-state index is 0.292. The van der Waals surface area contributed by atoms with Crippen molar-refractivity contribution in [1.29, 1.82) is 0 Å². The van der Waals surface area contributed by atoms with Gasteiger partial charge in [0.25, 0.3) is 0 Å². The highest BCUT2D eigenvalue weighted by Gasteiger charge is 2.19. The third-order valence-electron chi connectivity index (χ3n) is 6.48. The number of aromatic nitrogens is 1. The molecule has 0 saturated carbocycles. The average Bonchev–Trinajstić information content (AvgIpc) is 3.12. The number of aryl methyl sites for hydroxylation is 1. The summed E-state index contributed by atoms with van der Waals surface area (Å²) in [6.07, 6.45) is 4.33. The fraction of sp³-hybridized carbons (Fsp3) is 0.321. The number of amidine groups is 1. The predicted molar refractivity (Wildman–Crippen MR) is 142 cm³/mol. The predicted octanol–water partition coefficient (Wildman–Crippen LogP) is 3.11. The molecule has 1 aromatic heterocycles. The molecular formula is C28H35N5O. The van der Waals surface area contributed by atoms with Gasteiger partial charge in [-0.15, -0.1) is 0 Å².